The van der Waals surface area contributed by atoms with Gasteiger partial charge in [0.05, 0.1) is 0 Å². The van der Waals surface area contributed by atoms with Crippen molar-refractivity contribution in [3.05, 3.63) is 109 Å². The fraction of sp³-hybridized carbons (Fsp3) is 0.231. The predicted molar refractivity (Wildman–Crippen MR) is 170 cm³/mol. The van der Waals surface area contributed by atoms with Gasteiger partial charge in [0.15, 0.2) is 0 Å². The van der Waals surface area contributed by atoms with Crippen LogP contribution in [0, 0.1) is 0 Å². The van der Waals surface area contributed by atoms with E-state index in [1.54, 1.807) is 0 Å². The summed E-state index contributed by atoms with van der Waals surface area (Å²) in [5.74, 6) is -3.06. The van der Waals surface area contributed by atoms with E-state index in [1.165, 1.54) is 10.6 Å². The molecule has 2 aliphatic heterocycles. The van der Waals surface area contributed by atoms with Gasteiger partial charge in [-0.25, -0.2) is 24.3 Å². The van der Waals surface area contributed by atoms with Gasteiger partial charge >= 0.3 is 167 Å². The molecule has 0 radical (unpaired) electrons. The third kappa shape index (κ3) is 9.27. The van der Waals surface area contributed by atoms with Crippen molar-refractivity contribution >= 4 is 69.3 Å². The van der Waals surface area contributed by atoms with E-state index in [1.807, 2.05) is 60.7 Å². The van der Waals surface area contributed by atoms with Gasteiger partial charge in [-0.15, -0.1) is 0 Å². The van der Waals surface area contributed by atoms with Gasteiger partial charge in [-0.3, -0.25) is 0 Å². The fourth-order valence-electron chi connectivity index (χ4n) is 3.38. The average Bonchev–Trinajstić information content (AvgIpc) is 3.61. The van der Waals surface area contributed by atoms with Crippen molar-refractivity contribution in [2.45, 2.75) is 39.9 Å². The summed E-state index contributed by atoms with van der Waals surface area (Å²) in [6.45, 7) is 8.66. The van der Waals surface area contributed by atoms with Gasteiger partial charge in [0.2, 0.25) is 0 Å². The summed E-state index contributed by atoms with van der Waals surface area (Å²) < 4.78 is 13.1. The molecular weight excluding hydrogens is 853 g/mol. The van der Waals surface area contributed by atoms with Crippen molar-refractivity contribution < 1.29 is 43.2 Å². The molecule has 4 aromatic carbocycles. The molecule has 0 atom stereocenters. The first kappa shape index (κ1) is 34.7. The summed E-state index contributed by atoms with van der Waals surface area (Å²) in [4.78, 5) is 0. The van der Waals surface area contributed by atoms with Crippen molar-refractivity contribution in [1.82, 2.24) is 0 Å². The van der Waals surface area contributed by atoms with E-state index < -0.39 is 27.0 Å². The minimum Gasteiger partial charge on any atom is -0.214 e. The molecule has 0 unspecified atom stereocenters. The van der Waals surface area contributed by atoms with Crippen LogP contribution in [-0.2, 0) is 43.2 Å². The van der Waals surface area contributed by atoms with Crippen LogP contribution in [0.5, 0.6) is 0 Å². The summed E-state index contributed by atoms with van der Waals surface area (Å²) in [5, 5.41) is 2.86. The summed E-state index contributed by atoms with van der Waals surface area (Å²) in [5.41, 5.74) is 0. The maximum absolute atomic E-state index is 6.53. The quantitative estimate of drug-likeness (QED) is 0.108. The fourth-order valence-corrected chi connectivity index (χ4v) is 280. The van der Waals surface area contributed by atoms with Crippen LogP contribution in [0.2, 0.25) is 0 Å². The maximum Gasteiger partial charge on any atom is 0 e. The minimum atomic E-state index is -2.47. The smallest absolute Gasteiger partial charge is 0 e. The molecule has 11 heteroatoms. The third-order valence-corrected chi connectivity index (χ3v) is 178. The summed E-state index contributed by atoms with van der Waals surface area (Å²) in [6, 6.07) is 37.6. The summed E-state index contributed by atoms with van der Waals surface area (Å²) >= 11 is -2.47. The van der Waals surface area contributed by atoms with Crippen LogP contribution in [0.15, 0.2) is 109 Å². The zero-order valence-corrected chi connectivity index (χ0v) is 32.2. The molecule has 0 saturated carbocycles. The normalized spacial score (nSPS) is 25.5. The molecule has 2 saturated heterocycles. The third-order valence-electron chi connectivity index (χ3n) is 4.66. The van der Waals surface area contributed by atoms with E-state index in [-0.39, 0.29) is 46.3 Å². The van der Waals surface area contributed by atoms with Crippen molar-refractivity contribution in [1.29, 1.82) is 0 Å². The van der Waals surface area contributed by atoms with Crippen LogP contribution < -0.4 is 10.6 Å². The molecular formula is C26H32Fe2O2P2PbS4-2. The van der Waals surface area contributed by atoms with Gasteiger partial charge in [0, 0.05) is 34.1 Å². The first-order chi connectivity index (χ1) is 16.9. The molecule has 2 nitrogen and oxygen atoms in total. The molecule has 0 bridgehead atoms. The standard InChI is InChI=1S/2C8H11OPS2.2C5H5.2Fe.Pb/c2*1-7(2)9-10(11,12)8-5-3-4-6-8;2*1-2-4-5-3-1;;;/h2*3-7H,1-2H3;2*1-5H;;;/q2*-2;2*-1;;;+4. The molecule has 2 fully saturated rings. The molecule has 0 aliphatic carbocycles. The Hall–Kier alpha value is 1.54. The Morgan fingerprint density at radius 3 is 1.08 bits per heavy atom. The van der Waals surface area contributed by atoms with E-state index in [4.69, 9.17) is 9.05 Å². The Morgan fingerprint density at radius 2 is 0.865 bits per heavy atom. The van der Waals surface area contributed by atoms with Crippen LogP contribution in [0.25, 0.3) is 0 Å². The summed E-state index contributed by atoms with van der Waals surface area (Å²) in [7, 11) is 9.08. The number of hydrogen-bond acceptors (Lipinski definition) is 6. The van der Waals surface area contributed by atoms with Crippen LogP contribution in [0.4, 0.5) is 0 Å². The van der Waals surface area contributed by atoms with E-state index in [2.05, 4.69) is 108 Å². The molecule has 0 N–H and O–H groups in total. The molecule has 2 aliphatic rings. The number of rotatable bonds is 6. The molecule has 37 heavy (non-hydrogen) atoms. The van der Waals surface area contributed by atoms with Gasteiger partial charge in [-0.1, -0.05) is 0 Å². The molecule has 0 amide bonds. The summed E-state index contributed by atoms with van der Waals surface area (Å²) in [6.07, 6.45) is 0.566. The van der Waals surface area contributed by atoms with Crippen LogP contribution in [0.1, 0.15) is 27.7 Å². The second kappa shape index (κ2) is 16.2. The van der Waals surface area contributed by atoms with Crippen LogP contribution >= 0.6 is 43.5 Å². The minimum absolute atomic E-state index is 0. The van der Waals surface area contributed by atoms with Crippen molar-refractivity contribution in [3.8, 4) is 0 Å². The average molecular weight is 886 g/mol. The molecule has 0 aromatic heterocycles. The molecule has 2 heterocycles. The van der Waals surface area contributed by atoms with Gasteiger partial charge in [0.1, 0.15) is 0 Å². The molecule has 6 rings (SSSR count). The van der Waals surface area contributed by atoms with Crippen molar-refractivity contribution in [3.63, 3.8) is 0 Å². The SMILES string of the molecule is CC(C)O[P+]1([c-]2cccc2)[S][Pb]2([S]1)[S][P+](OC(C)C)([c-]1cccc1)[S]2.[Fe].[Fe].c1cc[cH-]c1.c1cc[cH-]c1. The first-order valence-corrected chi connectivity index (χ1v) is 39.8. The zero-order chi connectivity index (χ0) is 24.8. The second-order valence-electron chi connectivity index (χ2n) is 8.38. The van der Waals surface area contributed by atoms with E-state index in [0.717, 1.165) is 0 Å². The first-order valence-electron chi connectivity index (χ1n) is 11.6. The van der Waals surface area contributed by atoms with E-state index in [9.17, 15) is 0 Å². The van der Waals surface area contributed by atoms with Crippen molar-refractivity contribution in [2.24, 2.45) is 0 Å². The zero-order valence-electron chi connectivity index (χ0n) is 21.1. The predicted octanol–water partition coefficient (Wildman–Crippen LogP) is 9.65. The van der Waals surface area contributed by atoms with E-state index in [0.29, 0.717) is 0 Å². The second-order valence-corrected chi connectivity index (χ2v) is 86.8. The molecule has 1 spiro atoms. The van der Waals surface area contributed by atoms with Crippen LogP contribution in [-0.4, -0.2) is 27.4 Å². The van der Waals surface area contributed by atoms with Gasteiger partial charge in [-0.05, 0) is 0 Å². The Kier molecular flexibility index (Phi) is 15.3. The Bertz CT molecular complexity index is 954. The monoisotopic (exact) mass is 886 g/mol. The Morgan fingerprint density at radius 1 is 0.568 bits per heavy atom. The van der Waals surface area contributed by atoms with Crippen LogP contribution in [0.3, 0.4) is 0 Å². The van der Waals surface area contributed by atoms with Gasteiger partial charge in [0.25, 0.3) is 0 Å². The number of hydrogen-bond donors (Lipinski definition) is 0. The largest absolute Gasteiger partial charge is 0.214 e. The van der Waals surface area contributed by atoms with Gasteiger partial charge in [-0.2, -0.15) is 36.4 Å². The van der Waals surface area contributed by atoms with E-state index >= 15 is 0 Å². The molecule has 204 valence electrons. The Labute approximate surface area is 258 Å². The topological polar surface area (TPSA) is 18.5 Å². The molecule has 4 aromatic rings. The van der Waals surface area contributed by atoms with Crippen molar-refractivity contribution in [2.75, 3.05) is 0 Å². The maximum atomic E-state index is 6.53. The Balaban J connectivity index is 0.000000335. The van der Waals surface area contributed by atoms with Gasteiger partial charge < -0.3 is 0 Å².